The highest BCUT2D eigenvalue weighted by Crippen LogP contribution is 2.18. The summed E-state index contributed by atoms with van der Waals surface area (Å²) in [6, 6.07) is 10.3. The zero-order chi connectivity index (χ0) is 10.8. The zero-order valence-corrected chi connectivity index (χ0v) is 9.87. The minimum absolute atomic E-state index is 0.854. The first-order chi connectivity index (χ1) is 7.18. The molecule has 0 bridgehead atoms. The van der Waals surface area contributed by atoms with Crippen LogP contribution in [0.3, 0.4) is 0 Å². The van der Waals surface area contributed by atoms with E-state index >= 15 is 0 Å². The summed E-state index contributed by atoms with van der Waals surface area (Å²) in [4.78, 5) is 6.44. The standard InChI is InChI=1S/C11H15N3S/c1-12-8-13(2)11(15)14(9-12)10-6-4-3-5-7-10/h3-7H,8-9H2,1-2H3. The van der Waals surface area contributed by atoms with Gasteiger partial charge in [-0.25, -0.2) is 0 Å². The van der Waals surface area contributed by atoms with Crippen LogP contribution < -0.4 is 4.90 Å². The summed E-state index contributed by atoms with van der Waals surface area (Å²) in [5.74, 6) is 0. The molecule has 0 amide bonds. The van der Waals surface area contributed by atoms with E-state index in [9.17, 15) is 0 Å². The smallest absolute Gasteiger partial charge is 0.178 e. The maximum Gasteiger partial charge on any atom is 0.178 e. The van der Waals surface area contributed by atoms with E-state index in [0.29, 0.717) is 0 Å². The minimum Gasteiger partial charge on any atom is -0.339 e. The van der Waals surface area contributed by atoms with Crippen molar-refractivity contribution in [1.82, 2.24) is 9.80 Å². The molecule has 1 aliphatic heterocycles. The van der Waals surface area contributed by atoms with Crippen molar-refractivity contribution >= 4 is 23.0 Å². The van der Waals surface area contributed by atoms with Gasteiger partial charge in [-0.05, 0) is 31.4 Å². The normalized spacial score (nSPS) is 18.4. The summed E-state index contributed by atoms with van der Waals surface area (Å²) in [7, 11) is 4.11. The van der Waals surface area contributed by atoms with Gasteiger partial charge in [0.1, 0.15) is 0 Å². The number of nitrogens with zero attached hydrogens (tertiary/aromatic N) is 3. The lowest BCUT2D eigenvalue weighted by Gasteiger charge is -2.41. The fourth-order valence-corrected chi connectivity index (χ4v) is 2.00. The highest BCUT2D eigenvalue weighted by Gasteiger charge is 2.23. The molecule has 0 aromatic heterocycles. The lowest BCUT2D eigenvalue weighted by atomic mass is 10.3. The molecule has 4 heteroatoms. The minimum atomic E-state index is 0.854. The van der Waals surface area contributed by atoms with Gasteiger partial charge in [-0.1, -0.05) is 18.2 Å². The Hall–Kier alpha value is -1.13. The molecule has 1 aliphatic rings. The third-order valence-corrected chi connectivity index (χ3v) is 2.99. The van der Waals surface area contributed by atoms with Crippen LogP contribution >= 0.6 is 12.2 Å². The summed E-state index contributed by atoms with van der Waals surface area (Å²) in [6.07, 6.45) is 0. The van der Waals surface area contributed by atoms with Crippen molar-refractivity contribution in [2.75, 3.05) is 32.3 Å². The first kappa shape index (κ1) is 10.4. The Morgan fingerprint density at radius 1 is 1.07 bits per heavy atom. The van der Waals surface area contributed by atoms with Crippen molar-refractivity contribution in [1.29, 1.82) is 0 Å². The van der Waals surface area contributed by atoms with Gasteiger partial charge in [0, 0.05) is 12.7 Å². The van der Waals surface area contributed by atoms with E-state index in [0.717, 1.165) is 24.1 Å². The van der Waals surface area contributed by atoms with Crippen molar-refractivity contribution in [3.63, 3.8) is 0 Å². The summed E-state index contributed by atoms with van der Waals surface area (Å²) in [5, 5.41) is 0.888. The maximum atomic E-state index is 5.41. The molecule has 0 aliphatic carbocycles. The molecule has 80 valence electrons. The summed E-state index contributed by atoms with van der Waals surface area (Å²) < 4.78 is 0. The second kappa shape index (κ2) is 4.16. The van der Waals surface area contributed by atoms with Crippen LogP contribution in [0.2, 0.25) is 0 Å². The van der Waals surface area contributed by atoms with Crippen molar-refractivity contribution in [3.8, 4) is 0 Å². The van der Waals surface area contributed by atoms with E-state index in [2.05, 4.69) is 33.9 Å². The summed E-state index contributed by atoms with van der Waals surface area (Å²) in [5.41, 5.74) is 1.15. The van der Waals surface area contributed by atoms with Gasteiger partial charge in [0.05, 0.1) is 13.3 Å². The van der Waals surface area contributed by atoms with Gasteiger partial charge < -0.3 is 9.80 Å². The second-order valence-electron chi connectivity index (χ2n) is 3.88. The third-order valence-electron chi connectivity index (χ3n) is 2.46. The second-order valence-corrected chi connectivity index (χ2v) is 4.25. The Bertz CT molecular complexity index is 352. The Labute approximate surface area is 95.9 Å². The molecule has 2 rings (SSSR count). The van der Waals surface area contributed by atoms with Crippen LogP contribution in [0, 0.1) is 0 Å². The predicted molar refractivity (Wildman–Crippen MR) is 66.8 cm³/mol. The van der Waals surface area contributed by atoms with Crippen LogP contribution in [0.4, 0.5) is 5.69 Å². The predicted octanol–water partition coefficient (Wildman–Crippen LogP) is 1.57. The number of hydrogen-bond acceptors (Lipinski definition) is 2. The Morgan fingerprint density at radius 2 is 1.73 bits per heavy atom. The molecule has 15 heavy (non-hydrogen) atoms. The molecule has 1 aromatic carbocycles. The van der Waals surface area contributed by atoms with E-state index in [-0.39, 0.29) is 0 Å². The molecular weight excluding hydrogens is 206 g/mol. The van der Waals surface area contributed by atoms with Crippen molar-refractivity contribution in [3.05, 3.63) is 30.3 Å². The number of anilines is 1. The number of hydrogen-bond donors (Lipinski definition) is 0. The Kier molecular flexibility index (Phi) is 2.88. The monoisotopic (exact) mass is 221 g/mol. The van der Waals surface area contributed by atoms with Crippen LogP contribution in [-0.4, -0.2) is 42.3 Å². The van der Waals surface area contributed by atoms with Crippen LogP contribution in [0.1, 0.15) is 0 Å². The van der Waals surface area contributed by atoms with E-state index in [4.69, 9.17) is 12.2 Å². The quantitative estimate of drug-likeness (QED) is 0.666. The van der Waals surface area contributed by atoms with Crippen molar-refractivity contribution in [2.24, 2.45) is 0 Å². The van der Waals surface area contributed by atoms with E-state index in [1.165, 1.54) is 0 Å². The average molecular weight is 221 g/mol. The summed E-state index contributed by atoms with van der Waals surface area (Å²) in [6.45, 7) is 1.75. The fraction of sp³-hybridized carbons (Fsp3) is 0.364. The highest BCUT2D eigenvalue weighted by atomic mass is 32.1. The van der Waals surface area contributed by atoms with Gasteiger partial charge in [0.15, 0.2) is 5.11 Å². The Balaban J connectivity index is 2.24. The van der Waals surface area contributed by atoms with E-state index < -0.39 is 0 Å². The maximum absolute atomic E-state index is 5.41. The molecule has 1 saturated heterocycles. The molecule has 0 N–H and O–H groups in total. The lowest BCUT2D eigenvalue weighted by Crippen LogP contribution is -2.55. The highest BCUT2D eigenvalue weighted by molar-refractivity contribution is 7.80. The lowest BCUT2D eigenvalue weighted by molar-refractivity contribution is 0.224. The average Bonchev–Trinajstić information content (AvgIpc) is 2.24. The number of benzene rings is 1. The molecule has 3 nitrogen and oxygen atoms in total. The molecule has 1 fully saturated rings. The van der Waals surface area contributed by atoms with Gasteiger partial charge in [0.2, 0.25) is 0 Å². The van der Waals surface area contributed by atoms with Gasteiger partial charge in [0.25, 0.3) is 0 Å². The first-order valence-electron chi connectivity index (χ1n) is 4.94. The van der Waals surface area contributed by atoms with Gasteiger partial charge in [-0.3, -0.25) is 4.90 Å². The van der Waals surface area contributed by atoms with Gasteiger partial charge in [-0.2, -0.15) is 0 Å². The fourth-order valence-electron chi connectivity index (χ4n) is 1.78. The van der Waals surface area contributed by atoms with E-state index in [1.54, 1.807) is 0 Å². The molecule has 0 spiro atoms. The topological polar surface area (TPSA) is 9.72 Å². The number of thiocarbonyl (C=S) groups is 1. The molecular formula is C11H15N3S. The molecule has 0 radical (unpaired) electrons. The zero-order valence-electron chi connectivity index (χ0n) is 9.05. The molecule has 0 atom stereocenters. The number of rotatable bonds is 1. The SMILES string of the molecule is CN1CN(C)C(=S)N(c2ccccc2)C1. The first-order valence-corrected chi connectivity index (χ1v) is 5.35. The van der Waals surface area contributed by atoms with E-state index in [1.807, 2.05) is 25.2 Å². The molecule has 0 saturated carbocycles. The van der Waals surface area contributed by atoms with Crippen molar-refractivity contribution < 1.29 is 0 Å². The molecule has 0 unspecified atom stereocenters. The van der Waals surface area contributed by atoms with Gasteiger partial charge in [-0.15, -0.1) is 0 Å². The van der Waals surface area contributed by atoms with Crippen LogP contribution in [0.25, 0.3) is 0 Å². The third kappa shape index (κ3) is 2.11. The number of para-hydroxylation sites is 1. The molecule has 1 aromatic rings. The molecule has 1 heterocycles. The Morgan fingerprint density at radius 3 is 2.40 bits per heavy atom. The largest absolute Gasteiger partial charge is 0.339 e. The van der Waals surface area contributed by atoms with Crippen LogP contribution in [-0.2, 0) is 0 Å². The summed E-state index contributed by atoms with van der Waals surface area (Å²) >= 11 is 5.41. The van der Waals surface area contributed by atoms with Crippen molar-refractivity contribution in [2.45, 2.75) is 0 Å². The van der Waals surface area contributed by atoms with Crippen LogP contribution in [0.15, 0.2) is 30.3 Å². The van der Waals surface area contributed by atoms with Gasteiger partial charge >= 0.3 is 0 Å². The van der Waals surface area contributed by atoms with Crippen LogP contribution in [0.5, 0.6) is 0 Å².